The number of ether oxygens (including phenoxy) is 2. The number of terminal acetylenes is 2. The highest BCUT2D eigenvalue weighted by Crippen LogP contribution is 2.12. The monoisotopic (exact) mass is 381 g/mol. The largest absolute Gasteiger partial charge is 0.366 e. The van der Waals surface area contributed by atoms with Crippen LogP contribution in [-0.4, -0.2) is 49.4 Å². The van der Waals surface area contributed by atoms with Crippen LogP contribution in [0.25, 0.3) is 0 Å². The van der Waals surface area contributed by atoms with Gasteiger partial charge in [0.25, 0.3) is 0 Å². The van der Waals surface area contributed by atoms with Crippen molar-refractivity contribution in [2.24, 2.45) is 0 Å². The maximum absolute atomic E-state index is 12.2. The molecule has 0 spiro atoms. The number of hydrogen-bond donors (Lipinski definition) is 1. The fraction of sp³-hybridized carbons (Fsp3) is 0.762. The van der Waals surface area contributed by atoms with Crippen molar-refractivity contribution < 1.29 is 14.3 Å². The summed E-state index contributed by atoms with van der Waals surface area (Å²) < 4.78 is 10.8. The number of amides is 1. The molecule has 0 bridgehead atoms. The molecule has 4 nitrogen and oxygen atoms in total. The fourth-order valence-corrected chi connectivity index (χ4v) is 3.38. The molecule has 0 saturated carbocycles. The molecule has 0 aromatic heterocycles. The van der Waals surface area contributed by atoms with Gasteiger partial charge in [-0.05, 0) is 19.1 Å². The minimum absolute atomic E-state index is 0.00318. The second-order valence-corrected chi connectivity index (χ2v) is 7.86. The Hall–Kier alpha value is -1.14. The van der Waals surface area contributed by atoms with Crippen LogP contribution in [0.15, 0.2) is 0 Å². The fourth-order valence-electron chi connectivity index (χ4n) is 2.43. The van der Waals surface area contributed by atoms with Crippen molar-refractivity contribution in [3.63, 3.8) is 0 Å². The van der Waals surface area contributed by atoms with Gasteiger partial charge in [-0.2, -0.15) is 11.8 Å². The minimum atomic E-state index is -0.630. The van der Waals surface area contributed by atoms with Gasteiger partial charge in [-0.3, -0.25) is 4.79 Å². The normalized spacial score (nSPS) is 10.9. The van der Waals surface area contributed by atoms with Gasteiger partial charge in [-0.25, -0.2) is 0 Å². The van der Waals surface area contributed by atoms with E-state index in [1.54, 1.807) is 0 Å². The molecular formula is C21H35NO3S. The van der Waals surface area contributed by atoms with E-state index in [9.17, 15) is 4.79 Å². The number of hydrogen-bond acceptors (Lipinski definition) is 4. The molecule has 0 unspecified atom stereocenters. The number of rotatable bonds is 17. The summed E-state index contributed by atoms with van der Waals surface area (Å²) in [5.41, 5.74) is -0.630. The molecule has 0 atom stereocenters. The summed E-state index contributed by atoms with van der Waals surface area (Å²) in [5.74, 6) is 6.78. The summed E-state index contributed by atoms with van der Waals surface area (Å²) in [7, 11) is 0. The molecular weight excluding hydrogens is 346 g/mol. The highest BCUT2D eigenvalue weighted by Gasteiger charge is 2.27. The SMILES string of the molecule is C#CCOCC(C)(COCC#C)NC(=O)CCSCCCCCCCC. The molecule has 0 aliphatic carbocycles. The van der Waals surface area contributed by atoms with Crippen LogP contribution in [0.3, 0.4) is 0 Å². The van der Waals surface area contributed by atoms with Crippen LogP contribution in [0.2, 0.25) is 0 Å². The molecule has 0 aromatic carbocycles. The highest BCUT2D eigenvalue weighted by molar-refractivity contribution is 7.99. The Labute approximate surface area is 164 Å². The summed E-state index contributed by atoms with van der Waals surface area (Å²) in [4.78, 5) is 12.2. The van der Waals surface area contributed by atoms with E-state index >= 15 is 0 Å². The zero-order valence-corrected chi connectivity index (χ0v) is 17.3. The average molecular weight is 382 g/mol. The van der Waals surface area contributed by atoms with E-state index in [0.29, 0.717) is 19.6 Å². The van der Waals surface area contributed by atoms with Crippen molar-refractivity contribution in [1.29, 1.82) is 0 Å². The summed E-state index contributed by atoms with van der Waals surface area (Å²) >= 11 is 1.84. The smallest absolute Gasteiger partial charge is 0.221 e. The molecule has 148 valence electrons. The maximum atomic E-state index is 12.2. The second kappa shape index (κ2) is 17.3. The number of unbranched alkanes of at least 4 members (excludes halogenated alkanes) is 5. The molecule has 0 heterocycles. The van der Waals surface area contributed by atoms with Crippen molar-refractivity contribution in [3.05, 3.63) is 0 Å². The van der Waals surface area contributed by atoms with Crippen LogP contribution >= 0.6 is 11.8 Å². The molecule has 26 heavy (non-hydrogen) atoms. The predicted molar refractivity (Wildman–Crippen MR) is 111 cm³/mol. The molecule has 1 amide bonds. The van der Waals surface area contributed by atoms with Gasteiger partial charge in [0.1, 0.15) is 13.2 Å². The summed E-state index contributed by atoms with van der Waals surface area (Å²) in [5, 5.41) is 3.00. The van der Waals surface area contributed by atoms with Crippen LogP contribution in [0.4, 0.5) is 0 Å². The number of thioether (sulfide) groups is 1. The standard InChI is InChI=1S/C21H35NO3S/c1-5-8-9-10-11-12-16-26-17-13-20(23)22-21(4,18-24-14-6-2)19-25-15-7-3/h2-3H,5,8-19H2,1,4H3,(H,22,23). The Bertz CT molecular complexity index is 420. The van der Waals surface area contributed by atoms with Gasteiger partial charge in [-0.15, -0.1) is 12.8 Å². The third kappa shape index (κ3) is 15.1. The van der Waals surface area contributed by atoms with Crippen LogP contribution < -0.4 is 5.32 Å². The Morgan fingerprint density at radius 1 is 1.00 bits per heavy atom. The van der Waals surface area contributed by atoms with E-state index in [1.807, 2.05) is 18.7 Å². The molecule has 0 rings (SSSR count). The Morgan fingerprint density at radius 3 is 2.15 bits per heavy atom. The lowest BCUT2D eigenvalue weighted by Gasteiger charge is -2.30. The molecule has 1 N–H and O–H groups in total. The van der Waals surface area contributed by atoms with Crippen LogP contribution in [-0.2, 0) is 14.3 Å². The molecule has 0 saturated heterocycles. The Morgan fingerprint density at radius 2 is 1.58 bits per heavy atom. The second-order valence-electron chi connectivity index (χ2n) is 6.63. The van der Waals surface area contributed by atoms with Crippen LogP contribution in [0, 0.1) is 24.7 Å². The lowest BCUT2D eigenvalue weighted by Crippen LogP contribution is -2.53. The first kappa shape index (κ1) is 24.9. The van der Waals surface area contributed by atoms with Crippen molar-refractivity contribution in [1.82, 2.24) is 5.32 Å². The Balaban J connectivity index is 3.97. The summed E-state index contributed by atoms with van der Waals surface area (Å²) in [6.07, 6.45) is 18.7. The maximum Gasteiger partial charge on any atom is 0.221 e. The van der Waals surface area contributed by atoms with Gasteiger partial charge < -0.3 is 14.8 Å². The van der Waals surface area contributed by atoms with E-state index in [-0.39, 0.29) is 19.1 Å². The number of carbonyl (C=O) groups is 1. The number of nitrogens with one attached hydrogen (secondary N) is 1. The molecule has 0 fully saturated rings. The van der Waals surface area contributed by atoms with E-state index < -0.39 is 5.54 Å². The lowest BCUT2D eigenvalue weighted by atomic mass is 10.1. The predicted octanol–water partition coefficient (Wildman–Crippen LogP) is 3.64. The van der Waals surface area contributed by atoms with E-state index in [2.05, 4.69) is 24.1 Å². The van der Waals surface area contributed by atoms with Crippen LogP contribution in [0.1, 0.15) is 58.8 Å². The van der Waals surface area contributed by atoms with Gasteiger partial charge in [0.05, 0.1) is 18.8 Å². The molecule has 0 aliphatic rings. The Kier molecular flexibility index (Phi) is 16.5. The molecule has 5 heteroatoms. The first-order valence-electron chi connectivity index (χ1n) is 9.49. The number of carbonyl (C=O) groups excluding carboxylic acids is 1. The average Bonchev–Trinajstić information content (AvgIpc) is 2.61. The van der Waals surface area contributed by atoms with Crippen molar-refractivity contribution in [2.45, 2.75) is 64.3 Å². The topological polar surface area (TPSA) is 47.6 Å². The van der Waals surface area contributed by atoms with Crippen molar-refractivity contribution >= 4 is 17.7 Å². The van der Waals surface area contributed by atoms with Gasteiger partial charge >= 0.3 is 0 Å². The zero-order chi connectivity index (χ0) is 19.5. The summed E-state index contributed by atoms with van der Waals surface area (Å²) in [6, 6.07) is 0. The third-order valence-corrected chi connectivity index (χ3v) is 4.84. The molecule has 0 aliphatic heterocycles. The van der Waals surface area contributed by atoms with Gasteiger partial charge in [0.2, 0.25) is 5.91 Å². The first-order chi connectivity index (χ1) is 12.6. The van der Waals surface area contributed by atoms with Gasteiger partial charge in [0, 0.05) is 12.2 Å². The minimum Gasteiger partial charge on any atom is -0.366 e. The highest BCUT2D eigenvalue weighted by atomic mass is 32.2. The summed E-state index contributed by atoms with van der Waals surface area (Å²) in [6.45, 7) is 5.09. The third-order valence-electron chi connectivity index (χ3n) is 3.77. The van der Waals surface area contributed by atoms with Gasteiger partial charge in [0.15, 0.2) is 0 Å². The first-order valence-corrected chi connectivity index (χ1v) is 10.6. The van der Waals surface area contributed by atoms with E-state index in [0.717, 1.165) is 11.5 Å². The van der Waals surface area contributed by atoms with Crippen LogP contribution in [0.5, 0.6) is 0 Å². The zero-order valence-electron chi connectivity index (χ0n) is 16.5. The van der Waals surface area contributed by atoms with Crippen molar-refractivity contribution in [2.75, 3.05) is 37.9 Å². The van der Waals surface area contributed by atoms with Crippen molar-refractivity contribution in [3.8, 4) is 24.7 Å². The van der Waals surface area contributed by atoms with E-state index in [1.165, 1.54) is 38.5 Å². The molecule has 0 aromatic rings. The van der Waals surface area contributed by atoms with E-state index in [4.69, 9.17) is 22.3 Å². The molecule has 0 radical (unpaired) electrons. The lowest BCUT2D eigenvalue weighted by molar-refractivity contribution is -0.124. The van der Waals surface area contributed by atoms with Gasteiger partial charge in [-0.1, -0.05) is 50.9 Å². The quantitative estimate of drug-likeness (QED) is 0.309.